The van der Waals surface area contributed by atoms with Crippen LogP contribution in [0.2, 0.25) is 0 Å². The highest BCUT2D eigenvalue weighted by Gasteiger charge is 2.14. The molecule has 2 aromatic rings. The molecule has 0 saturated heterocycles. The highest BCUT2D eigenvalue weighted by Crippen LogP contribution is 2.20. The highest BCUT2D eigenvalue weighted by molar-refractivity contribution is 5.76. The standard InChI is InChI=1S/C18H22N2O/c1-14(21)12-18(20(2)3)13-15-4-6-16(7-5-15)17-8-10-19-11-9-17/h4-11,18H,12-13H2,1-3H3. The molecule has 0 aliphatic rings. The molecule has 0 saturated carbocycles. The van der Waals surface area contributed by atoms with Gasteiger partial charge in [-0.15, -0.1) is 0 Å². The second-order valence-corrected chi connectivity index (χ2v) is 5.66. The van der Waals surface area contributed by atoms with Crippen LogP contribution in [0.1, 0.15) is 18.9 Å². The lowest BCUT2D eigenvalue weighted by molar-refractivity contribution is -0.118. The molecular formula is C18H22N2O. The molecule has 1 heterocycles. The molecule has 0 N–H and O–H groups in total. The van der Waals surface area contributed by atoms with E-state index in [0.717, 1.165) is 6.42 Å². The van der Waals surface area contributed by atoms with E-state index in [4.69, 9.17) is 0 Å². The summed E-state index contributed by atoms with van der Waals surface area (Å²) >= 11 is 0. The lowest BCUT2D eigenvalue weighted by Crippen LogP contribution is -2.31. The fourth-order valence-corrected chi connectivity index (χ4v) is 2.42. The fraction of sp³-hybridized carbons (Fsp3) is 0.333. The summed E-state index contributed by atoms with van der Waals surface area (Å²) in [5.74, 6) is 0.238. The van der Waals surface area contributed by atoms with Gasteiger partial charge in [-0.2, -0.15) is 0 Å². The van der Waals surface area contributed by atoms with Gasteiger partial charge in [-0.05, 0) is 56.3 Å². The highest BCUT2D eigenvalue weighted by atomic mass is 16.1. The number of ketones is 1. The van der Waals surface area contributed by atoms with Crippen LogP contribution in [0, 0.1) is 0 Å². The summed E-state index contributed by atoms with van der Waals surface area (Å²) in [7, 11) is 4.05. The van der Waals surface area contributed by atoms with Crippen molar-refractivity contribution >= 4 is 5.78 Å². The third-order valence-electron chi connectivity index (χ3n) is 3.69. The third-order valence-corrected chi connectivity index (χ3v) is 3.69. The molecule has 110 valence electrons. The van der Waals surface area contributed by atoms with Crippen molar-refractivity contribution in [1.82, 2.24) is 9.88 Å². The number of benzene rings is 1. The van der Waals surface area contributed by atoms with E-state index in [1.165, 1.54) is 16.7 Å². The predicted molar refractivity (Wildman–Crippen MR) is 86.2 cm³/mol. The summed E-state index contributed by atoms with van der Waals surface area (Å²) in [6.07, 6.45) is 5.10. The molecule has 0 radical (unpaired) electrons. The first-order chi connectivity index (χ1) is 10.1. The van der Waals surface area contributed by atoms with E-state index in [2.05, 4.69) is 34.1 Å². The van der Waals surface area contributed by atoms with Crippen LogP contribution in [0.5, 0.6) is 0 Å². The van der Waals surface area contributed by atoms with Crippen molar-refractivity contribution in [2.45, 2.75) is 25.8 Å². The maximum absolute atomic E-state index is 11.4. The molecular weight excluding hydrogens is 260 g/mol. The number of rotatable bonds is 6. The third kappa shape index (κ3) is 4.50. The maximum Gasteiger partial charge on any atom is 0.131 e. The molecule has 0 aliphatic heterocycles. The topological polar surface area (TPSA) is 33.2 Å². The Balaban J connectivity index is 2.10. The first-order valence-corrected chi connectivity index (χ1v) is 7.21. The van der Waals surface area contributed by atoms with Crippen LogP contribution in [0.3, 0.4) is 0 Å². The number of likely N-dealkylation sites (N-methyl/N-ethyl adjacent to an activating group) is 1. The lowest BCUT2D eigenvalue weighted by atomic mass is 9.98. The van der Waals surface area contributed by atoms with Crippen LogP contribution < -0.4 is 0 Å². The van der Waals surface area contributed by atoms with Crippen LogP contribution in [-0.2, 0) is 11.2 Å². The molecule has 1 aromatic carbocycles. The molecule has 21 heavy (non-hydrogen) atoms. The molecule has 0 aliphatic carbocycles. The van der Waals surface area contributed by atoms with Gasteiger partial charge in [0.1, 0.15) is 5.78 Å². The largest absolute Gasteiger partial charge is 0.306 e. The normalized spacial score (nSPS) is 12.4. The minimum absolute atomic E-state index is 0.238. The number of pyridine rings is 1. The van der Waals surface area contributed by atoms with E-state index < -0.39 is 0 Å². The molecule has 0 spiro atoms. The second-order valence-electron chi connectivity index (χ2n) is 5.66. The molecule has 0 fully saturated rings. The number of hydrogen-bond acceptors (Lipinski definition) is 3. The summed E-state index contributed by atoms with van der Waals surface area (Å²) in [5.41, 5.74) is 3.62. The molecule has 1 unspecified atom stereocenters. The first kappa shape index (κ1) is 15.4. The Hall–Kier alpha value is -2.00. The summed E-state index contributed by atoms with van der Waals surface area (Å²) in [6.45, 7) is 1.66. The van der Waals surface area contributed by atoms with Crippen molar-refractivity contribution < 1.29 is 4.79 Å². The van der Waals surface area contributed by atoms with Gasteiger partial charge in [0.2, 0.25) is 0 Å². The Labute approximate surface area is 126 Å². The maximum atomic E-state index is 11.4. The number of aromatic nitrogens is 1. The Morgan fingerprint density at radius 2 is 1.62 bits per heavy atom. The number of hydrogen-bond donors (Lipinski definition) is 0. The molecule has 1 atom stereocenters. The van der Waals surface area contributed by atoms with Gasteiger partial charge in [0.15, 0.2) is 0 Å². The van der Waals surface area contributed by atoms with Gasteiger partial charge in [0.25, 0.3) is 0 Å². The second kappa shape index (κ2) is 7.14. The number of nitrogens with zero attached hydrogens (tertiary/aromatic N) is 2. The van der Waals surface area contributed by atoms with Crippen molar-refractivity contribution in [3.63, 3.8) is 0 Å². The number of Topliss-reactive ketones (excluding diaryl/α,β-unsaturated/α-hetero) is 1. The van der Waals surface area contributed by atoms with Gasteiger partial charge >= 0.3 is 0 Å². The molecule has 1 aromatic heterocycles. The minimum Gasteiger partial charge on any atom is -0.306 e. The smallest absolute Gasteiger partial charge is 0.131 e. The first-order valence-electron chi connectivity index (χ1n) is 7.21. The molecule has 3 heteroatoms. The van der Waals surface area contributed by atoms with Crippen LogP contribution in [0.25, 0.3) is 11.1 Å². The number of carbonyl (C=O) groups excluding carboxylic acids is 1. The summed E-state index contributed by atoms with van der Waals surface area (Å²) in [5, 5.41) is 0. The van der Waals surface area contributed by atoms with Gasteiger partial charge in [0.05, 0.1) is 0 Å². The summed E-state index contributed by atoms with van der Waals surface area (Å²) < 4.78 is 0. The van der Waals surface area contributed by atoms with Gasteiger partial charge in [-0.1, -0.05) is 24.3 Å². The molecule has 0 bridgehead atoms. The van der Waals surface area contributed by atoms with Crippen LogP contribution >= 0.6 is 0 Å². The van der Waals surface area contributed by atoms with Crippen LogP contribution in [0.15, 0.2) is 48.8 Å². The van der Waals surface area contributed by atoms with E-state index in [1.807, 2.05) is 26.2 Å². The number of carbonyl (C=O) groups is 1. The monoisotopic (exact) mass is 282 g/mol. The van der Waals surface area contributed by atoms with Gasteiger partial charge < -0.3 is 4.90 Å². The van der Waals surface area contributed by atoms with Gasteiger partial charge in [-0.3, -0.25) is 9.78 Å². The van der Waals surface area contributed by atoms with E-state index in [9.17, 15) is 4.79 Å². The predicted octanol–water partition coefficient (Wildman–Crippen LogP) is 3.20. The van der Waals surface area contributed by atoms with Crippen molar-refractivity contribution in [3.8, 4) is 11.1 Å². The quantitative estimate of drug-likeness (QED) is 0.815. The summed E-state index contributed by atoms with van der Waals surface area (Å²) in [4.78, 5) is 17.5. The van der Waals surface area contributed by atoms with Crippen molar-refractivity contribution in [2.24, 2.45) is 0 Å². The van der Waals surface area contributed by atoms with E-state index in [1.54, 1.807) is 19.3 Å². The molecule has 0 amide bonds. The Kier molecular flexibility index (Phi) is 5.23. The van der Waals surface area contributed by atoms with Gasteiger partial charge in [-0.25, -0.2) is 0 Å². The average molecular weight is 282 g/mol. The Morgan fingerprint density at radius 3 is 2.14 bits per heavy atom. The Morgan fingerprint density at radius 1 is 1.05 bits per heavy atom. The van der Waals surface area contributed by atoms with E-state index in [-0.39, 0.29) is 11.8 Å². The zero-order valence-electron chi connectivity index (χ0n) is 12.9. The molecule has 2 rings (SSSR count). The fourth-order valence-electron chi connectivity index (χ4n) is 2.42. The van der Waals surface area contributed by atoms with E-state index in [0.29, 0.717) is 6.42 Å². The molecule has 3 nitrogen and oxygen atoms in total. The van der Waals surface area contributed by atoms with Crippen LogP contribution in [-0.4, -0.2) is 35.8 Å². The minimum atomic E-state index is 0.238. The SMILES string of the molecule is CC(=O)CC(Cc1ccc(-c2ccncc2)cc1)N(C)C. The van der Waals surface area contributed by atoms with Crippen molar-refractivity contribution in [3.05, 3.63) is 54.4 Å². The summed E-state index contributed by atoms with van der Waals surface area (Å²) in [6, 6.07) is 12.8. The van der Waals surface area contributed by atoms with Gasteiger partial charge in [0, 0.05) is 24.9 Å². The van der Waals surface area contributed by atoms with Crippen LogP contribution in [0.4, 0.5) is 0 Å². The lowest BCUT2D eigenvalue weighted by Gasteiger charge is -2.23. The average Bonchev–Trinajstić information content (AvgIpc) is 2.48. The van der Waals surface area contributed by atoms with Crippen molar-refractivity contribution in [1.29, 1.82) is 0 Å². The van der Waals surface area contributed by atoms with Crippen molar-refractivity contribution in [2.75, 3.05) is 14.1 Å². The Bertz CT molecular complexity index is 576. The van der Waals surface area contributed by atoms with E-state index >= 15 is 0 Å². The zero-order chi connectivity index (χ0) is 15.2. The zero-order valence-corrected chi connectivity index (χ0v) is 12.9.